The van der Waals surface area contributed by atoms with Gasteiger partial charge in [-0.3, -0.25) is 14.6 Å². The van der Waals surface area contributed by atoms with Gasteiger partial charge in [-0.25, -0.2) is 5.01 Å². The number of hydrogen-bond donors (Lipinski definition) is 0. The first-order valence-electron chi connectivity index (χ1n) is 19.0. The molecule has 1 aliphatic heterocycles. The van der Waals surface area contributed by atoms with Crippen LogP contribution in [0.2, 0.25) is 0 Å². The molecule has 0 radical (unpaired) electrons. The molecule has 44 heavy (non-hydrogen) atoms. The molecular weight excluding hydrogens is 561 g/mol. The van der Waals surface area contributed by atoms with Crippen LogP contribution in [-0.2, 0) is 0 Å². The van der Waals surface area contributed by atoms with Crippen LogP contribution in [0.1, 0.15) is 158 Å². The Morgan fingerprint density at radius 1 is 0.636 bits per heavy atom. The molecule has 0 aromatic rings. The topological polar surface area (TPSA) is 39.1 Å². The molecule has 0 N–H and O–H groups in total. The van der Waals surface area contributed by atoms with Crippen LogP contribution in [0.25, 0.3) is 0 Å². The Hall–Kier alpha value is -0.850. The highest BCUT2D eigenvalue weighted by Gasteiger charge is 2.25. The zero-order valence-corrected chi connectivity index (χ0v) is 31.4. The van der Waals surface area contributed by atoms with Crippen molar-refractivity contribution in [1.29, 1.82) is 0 Å². The molecule has 1 heterocycles. The second-order valence-corrected chi connectivity index (χ2v) is 14.6. The van der Waals surface area contributed by atoms with Crippen molar-refractivity contribution >= 4 is 22.7 Å². The molecule has 5 nitrogen and oxygen atoms in total. The molecule has 258 valence electrons. The fraction of sp³-hybridized carbons (Fsp3) is 0.895. The normalized spacial score (nSPS) is 16.8. The van der Waals surface area contributed by atoms with Crippen molar-refractivity contribution in [3.8, 4) is 0 Å². The van der Waals surface area contributed by atoms with E-state index in [9.17, 15) is 4.79 Å². The third kappa shape index (κ3) is 17.7. The maximum atomic E-state index is 13.4. The number of carbonyl (C=O) groups is 1. The Kier molecular flexibility index (Phi) is 24.6. The molecule has 1 amide bonds. The number of carbonyl (C=O) groups excluding carboxylic acids is 1. The molecule has 0 spiro atoms. The first-order valence-corrected chi connectivity index (χ1v) is 19.9. The van der Waals surface area contributed by atoms with Crippen LogP contribution in [0.15, 0.2) is 16.6 Å². The molecule has 0 aliphatic carbocycles. The maximum absolute atomic E-state index is 13.4. The number of unbranched alkanes of at least 4 members (excludes halogenated alkanes) is 4. The first kappa shape index (κ1) is 41.2. The third-order valence-corrected chi connectivity index (χ3v) is 10.5. The van der Waals surface area contributed by atoms with Gasteiger partial charge in [0.1, 0.15) is 0 Å². The molecule has 0 aromatic carbocycles. The molecule has 0 saturated carbocycles. The summed E-state index contributed by atoms with van der Waals surface area (Å²) in [5.41, 5.74) is 1.04. The largest absolute Gasteiger partial charge is 0.307 e. The van der Waals surface area contributed by atoms with E-state index in [0.717, 1.165) is 50.3 Å². The van der Waals surface area contributed by atoms with E-state index < -0.39 is 0 Å². The third-order valence-electron chi connectivity index (χ3n) is 9.85. The van der Waals surface area contributed by atoms with E-state index in [1.54, 1.807) is 5.01 Å². The minimum atomic E-state index is 0.0553. The molecule has 0 aromatic heterocycles. The van der Waals surface area contributed by atoms with Crippen molar-refractivity contribution < 1.29 is 4.79 Å². The fourth-order valence-corrected chi connectivity index (χ4v) is 7.14. The highest BCUT2D eigenvalue weighted by molar-refractivity contribution is 8.16. The van der Waals surface area contributed by atoms with Gasteiger partial charge >= 0.3 is 5.24 Å². The van der Waals surface area contributed by atoms with E-state index in [1.165, 1.54) is 114 Å². The van der Waals surface area contributed by atoms with Crippen LogP contribution in [0.5, 0.6) is 0 Å². The number of amides is 1. The van der Waals surface area contributed by atoms with Crippen LogP contribution < -0.4 is 0 Å². The van der Waals surface area contributed by atoms with Crippen molar-refractivity contribution in [1.82, 2.24) is 14.8 Å². The summed E-state index contributed by atoms with van der Waals surface area (Å²) in [6, 6.07) is 0. The zero-order valence-electron chi connectivity index (χ0n) is 30.6. The van der Waals surface area contributed by atoms with Crippen LogP contribution in [-0.4, -0.2) is 65.2 Å². The molecule has 0 bridgehead atoms. The predicted molar refractivity (Wildman–Crippen MR) is 198 cm³/mol. The number of hydrogen-bond acceptors (Lipinski definition) is 5. The second-order valence-electron chi connectivity index (χ2n) is 13.7. The van der Waals surface area contributed by atoms with Crippen molar-refractivity contribution in [3.63, 3.8) is 0 Å². The molecular formula is C38H74N4OS. The lowest BCUT2D eigenvalue weighted by Gasteiger charge is -2.33. The first-order chi connectivity index (χ1) is 21.4. The lowest BCUT2D eigenvalue weighted by atomic mass is 9.95. The predicted octanol–water partition coefficient (Wildman–Crippen LogP) is 11.5. The van der Waals surface area contributed by atoms with E-state index in [0.29, 0.717) is 18.5 Å². The maximum Gasteiger partial charge on any atom is 0.307 e. The van der Waals surface area contributed by atoms with Gasteiger partial charge in [0.05, 0.1) is 12.4 Å². The van der Waals surface area contributed by atoms with Gasteiger partial charge in [-0.1, -0.05) is 132 Å². The molecule has 0 fully saturated rings. The number of thioether (sulfide) groups is 1. The summed E-state index contributed by atoms with van der Waals surface area (Å²) in [4.78, 5) is 18.7. The van der Waals surface area contributed by atoms with Crippen LogP contribution in [0.4, 0.5) is 4.79 Å². The van der Waals surface area contributed by atoms with Crippen molar-refractivity contribution in [2.75, 3.05) is 39.4 Å². The van der Waals surface area contributed by atoms with Gasteiger partial charge in [-0.2, -0.15) is 5.10 Å². The Bertz CT molecular complexity index is 736. The molecule has 4 unspecified atom stereocenters. The summed E-state index contributed by atoms with van der Waals surface area (Å²) in [5.74, 6) is 2.79. The number of nitrogens with zero attached hydrogens (tertiary/aromatic N) is 4. The lowest BCUT2D eigenvalue weighted by Crippen LogP contribution is -2.43. The number of rotatable bonds is 28. The minimum absolute atomic E-state index is 0.0553. The number of hydrazone groups is 1. The lowest BCUT2D eigenvalue weighted by molar-refractivity contribution is 0.116. The van der Waals surface area contributed by atoms with Crippen molar-refractivity contribution in [3.05, 3.63) is 11.5 Å². The Balaban J connectivity index is 3.23. The van der Waals surface area contributed by atoms with Gasteiger partial charge < -0.3 is 0 Å². The summed E-state index contributed by atoms with van der Waals surface area (Å²) >= 11 is 1.30. The molecule has 4 atom stereocenters. The quantitative estimate of drug-likeness (QED) is 0.0858. The van der Waals surface area contributed by atoms with Gasteiger partial charge in [0.2, 0.25) is 0 Å². The molecule has 6 heteroatoms. The van der Waals surface area contributed by atoms with E-state index in [2.05, 4.69) is 71.3 Å². The minimum Gasteiger partial charge on any atom is -0.297 e. The summed E-state index contributed by atoms with van der Waals surface area (Å²) < 4.78 is 0. The van der Waals surface area contributed by atoms with Crippen LogP contribution in [0.3, 0.4) is 0 Å². The highest BCUT2D eigenvalue weighted by atomic mass is 32.2. The second kappa shape index (κ2) is 26.2. The summed E-state index contributed by atoms with van der Waals surface area (Å²) in [6.07, 6.45) is 22.3. The Morgan fingerprint density at radius 3 is 1.39 bits per heavy atom. The van der Waals surface area contributed by atoms with E-state index in [4.69, 9.17) is 5.10 Å². The summed E-state index contributed by atoms with van der Waals surface area (Å²) in [5, 5.41) is 8.97. The zero-order chi connectivity index (χ0) is 32.6. The van der Waals surface area contributed by atoms with E-state index >= 15 is 0 Å². The smallest absolute Gasteiger partial charge is 0.297 e. The standard InChI is InChI=1S/C38H74N4OS/c1-9-17-21-33(13-5)27-40(28-34(14-6)22-18-10-2)31-37-25-26-44-38(43)42(39-37)32-41(29-35(15-7)23-19-11-3)30-36(16-8)24-20-12-4/h25-26,33-36H,9-24,27-32H2,1-8H3. The van der Waals surface area contributed by atoms with Gasteiger partial charge in [-0.15, -0.1) is 0 Å². The van der Waals surface area contributed by atoms with E-state index in [-0.39, 0.29) is 5.24 Å². The highest BCUT2D eigenvalue weighted by Crippen LogP contribution is 2.23. The van der Waals surface area contributed by atoms with Crippen molar-refractivity contribution in [2.45, 2.75) is 158 Å². The monoisotopic (exact) mass is 635 g/mol. The summed E-state index contributed by atoms with van der Waals surface area (Å²) in [6.45, 7) is 24.4. The van der Waals surface area contributed by atoms with E-state index in [1.807, 2.05) is 5.41 Å². The Morgan fingerprint density at radius 2 is 1.02 bits per heavy atom. The average Bonchev–Trinajstić information content (AvgIpc) is 3.20. The molecule has 1 rings (SSSR count). The van der Waals surface area contributed by atoms with Crippen LogP contribution >= 0.6 is 11.8 Å². The van der Waals surface area contributed by atoms with Gasteiger partial charge in [0.15, 0.2) is 0 Å². The molecule has 0 saturated heterocycles. The van der Waals surface area contributed by atoms with Gasteiger partial charge in [0.25, 0.3) is 0 Å². The molecule has 1 aliphatic rings. The Labute approximate surface area is 279 Å². The summed E-state index contributed by atoms with van der Waals surface area (Å²) in [7, 11) is 0. The van der Waals surface area contributed by atoms with Crippen molar-refractivity contribution in [2.24, 2.45) is 28.8 Å². The average molecular weight is 635 g/mol. The van der Waals surface area contributed by atoms with Gasteiger partial charge in [0, 0.05) is 32.7 Å². The van der Waals surface area contributed by atoms with Gasteiger partial charge in [-0.05, 0) is 72.6 Å². The fourth-order valence-electron chi connectivity index (χ4n) is 6.58. The van der Waals surface area contributed by atoms with Crippen LogP contribution in [0, 0.1) is 23.7 Å². The SMILES string of the molecule is CCCCC(CC)CN(CC1=NN(CN(CC(CC)CCCC)CC(CC)CCCC)C(=O)SC=C1)CC(CC)CCCC.